The summed E-state index contributed by atoms with van der Waals surface area (Å²) in [4.78, 5) is 15.2. The van der Waals surface area contributed by atoms with Crippen LogP contribution in [0.15, 0.2) is 158 Å². The first-order chi connectivity index (χ1) is 63.0. The van der Waals surface area contributed by atoms with Crippen LogP contribution in [0, 0.1) is 73.1 Å². The second-order valence-electron chi connectivity index (χ2n) is 28.7. The number of benzene rings is 8. The van der Waals surface area contributed by atoms with Crippen LogP contribution in [0.3, 0.4) is 0 Å². The third-order valence-corrected chi connectivity index (χ3v) is 19.1. The number of hydrogen-bond donors (Lipinski definition) is 1. The Balaban J connectivity index is 0.000000241. The summed E-state index contributed by atoms with van der Waals surface area (Å²) in [6.45, 7) is 14.6. The Hall–Kier alpha value is -10.8. The van der Waals surface area contributed by atoms with Crippen LogP contribution in [-0.2, 0) is 146 Å². The van der Waals surface area contributed by atoms with Crippen molar-refractivity contribution in [2.24, 2.45) is 5.41 Å². The predicted octanol–water partition coefficient (Wildman–Crippen LogP) is 18.4. The molecule has 1 unspecified atom stereocenters. The Morgan fingerprint density at radius 3 is 1.08 bits per heavy atom. The summed E-state index contributed by atoms with van der Waals surface area (Å²) in [7, 11) is -15.7. The molecule has 8 aromatic carbocycles. The quantitative estimate of drug-likeness (QED) is 0.0150. The molecule has 4 aliphatic rings. The van der Waals surface area contributed by atoms with Gasteiger partial charge in [-0.2, -0.15) is 43.2 Å². The minimum Gasteiger partial charge on any atom is -0.427 e. The number of hydrogen-bond acceptors (Lipinski definition) is 29. The zero-order valence-corrected chi connectivity index (χ0v) is 73.7. The van der Waals surface area contributed by atoms with Crippen molar-refractivity contribution >= 4 is 99.3 Å². The highest BCUT2D eigenvalue weighted by Gasteiger charge is 2.50. The molecule has 1 atom stereocenters. The van der Waals surface area contributed by atoms with E-state index in [2.05, 4.69) is 33.2 Å². The van der Waals surface area contributed by atoms with E-state index in [0.29, 0.717) is 85.4 Å². The van der Waals surface area contributed by atoms with Crippen molar-refractivity contribution in [1.29, 1.82) is 27.0 Å². The van der Waals surface area contributed by atoms with Crippen molar-refractivity contribution in [2.75, 3.05) is 53.4 Å². The van der Waals surface area contributed by atoms with Crippen molar-refractivity contribution in [3.8, 4) is 11.5 Å². The molecule has 12 rings (SSSR count). The summed E-state index contributed by atoms with van der Waals surface area (Å²) in [5.74, 6) is -5.07. The minimum absolute atomic E-state index is 0.00514. The average molecular weight is 1920 g/mol. The number of nitrogens with zero attached hydrogens (tertiary/aromatic N) is 10. The molecule has 0 saturated carbocycles. The first-order valence-corrected chi connectivity index (χ1v) is 42.2. The summed E-state index contributed by atoms with van der Waals surface area (Å²) in [5, 5.41) is 52.3. The summed E-state index contributed by atoms with van der Waals surface area (Å²) in [5.41, 5.74) is -7.41. The highest BCUT2D eigenvalue weighted by molar-refractivity contribution is 7.88. The zero-order valence-electron chi connectivity index (χ0n) is 72.1. The van der Waals surface area contributed by atoms with Gasteiger partial charge >= 0.3 is 110 Å². The molecule has 4 saturated heterocycles. The Bertz CT molecular complexity index is 5500. The van der Waals surface area contributed by atoms with Gasteiger partial charge in [-0.1, -0.05) is 44.2 Å². The summed E-state index contributed by atoms with van der Waals surface area (Å²) < 4.78 is 307. The van der Waals surface area contributed by atoms with E-state index in [0.717, 1.165) is 54.8 Å². The molecule has 706 valence electrons. The van der Waals surface area contributed by atoms with Gasteiger partial charge in [-0.3, -0.25) is 0 Å². The highest BCUT2D eigenvalue weighted by atomic mass is 32.2. The maximum atomic E-state index is 13.3. The number of diazo groups is 5. The Morgan fingerprint density at radius 2 is 0.737 bits per heavy atom. The summed E-state index contributed by atoms with van der Waals surface area (Å²) in [6.07, 6.45) is 1.36. The number of halogens is 13. The maximum Gasteiger partial charge on any atom is 0.640 e. The Morgan fingerprint density at radius 1 is 0.429 bits per heavy atom. The molecule has 0 spiro atoms. The van der Waals surface area contributed by atoms with E-state index in [1.165, 1.54) is 105 Å². The zero-order chi connectivity index (χ0) is 98.1. The first kappa shape index (κ1) is 111. The maximum absolute atomic E-state index is 13.3. The van der Waals surface area contributed by atoms with E-state index < -0.39 is 140 Å². The molecule has 8 aromatic rings. The second-order valence-corrected chi connectivity index (χ2v) is 31.7. The fraction of sp³-hybridized carbons (Fsp3) is 0.377. The molecule has 0 bridgehead atoms. The molecule has 0 radical (unpaired) electrons. The van der Waals surface area contributed by atoms with E-state index >= 15 is 0 Å². The van der Waals surface area contributed by atoms with Gasteiger partial charge in [-0.05, 0) is 150 Å². The van der Waals surface area contributed by atoms with Gasteiger partial charge in [0.25, 0.3) is 0 Å². The van der Waals surface area contributed by atoms with Crippen LogP contribution < -0.4 is 8.37 Å². The normalized spacial score (nSPS) is 14.6. The van der Waals surface area contributed by atoms with Gasteiger partial charge in [-0.15, -0.1) is 0 Å². The van der Waals surface area contributed by atoms with E-state index in [9.17, 15) is 73.9 Å². The van der Waals surface area contributed by atoms with Crippen molar-refractivity contribution in [2.45, 2.75) is 130 Å². The lowest BCUT2D eigenvalue weighted by molar-refractivity contribution is -0.0505. The molecular weight excluding hydrogens is 1840 g/mol. The molecular formula is C77H85B7F13N10O24S2+5. The topological polar surface area (TPSA) is 405 Å². The third kappa shape index (κ3) is 39.7. The predicted molar refractivity (Wildman–Crippen MR) is 452 cm³/mol. The molecule has 133 heavy (non-hydrogen) atoms. The van der Waals surface area contributed by atoms with Gasteiger partial charge in [-0.25, -0.2) is 30.7 Å². The van der Waals surface area contributed by atoms with Gasteiger partial charge in [0, 0.05) is 86.5 Å². The van der Waals surface area contributed by atoms with Gasteiger partial charge in [0.15, 0.2) is 24.9 Å². The van der Waals surface area contributed by atoms with Crippen LogP contribution in [0.25, 0.3) is 24.9 Å². The fourth-order valence-corrected chi connectivity index (χ4v) is 11.6. The SMILES string of the molecule is CB(O)OCc1cc(F)ccc1[N+]#N.CB(OCc1cc(F)ccc1[N+]#N)OC(C)C.CC1(C)COB(OCc2cc(F)ccc2OS(=O)(=O)C(F)(F)F)OC1.COB(C)OCc1cc(F)ccc1[N+]#N.N#[N+]c1ccc(F)cc1COB1OCC(c2ccccc2)O1.N#[N+]c1ccc(F)cc1COB1OCCO1.O=S(=O)(Oc1ccc(F)cc1COB1OCCCCO1)C(F)(F)F. The lowest BCUT2D eigenvalue weighted by Gasteiger charge is -2.32. The average Bonchev–Trinajstić information content (AvgIpc) is 1.46. The standard InChI is InChI=1S/C15H13BFN2O3.C13H15BF4O6S.C12H13BF4O6S.C11H15BFN2O2.C9H9BFN2O3.C9H11BFN2O2.C8H9BFN2O2/c17-13-6-7-14(19-18)12(8-13)9-20-16-21-10-15(22-16)11-4-2-1-3-5-11;1-12(2)7-22-14(23-8-12)21-6-9-5-10(15)3-4-11(9)24-25(19,20)13(16,17)18;14-10-3-4-11(23-24(18,19)12(15,16)17)9(7-10)8-22-13-20-5-1-2-6-21-13;1-8(2)17-12(3)16-7-9-6-10(13)4-5-11(9)15-14;11-8-1-2-9(13-12)7(5-8)6-16-10-14-3-4-15-10;1-10(14-2)15-6-7-5-8(11)3-4-9(7)13-12;1-9(13)14-5-6-4-7(10)2-3-8(6)12-11/h1-8,15H,9-10H2;3-5H,6-8H2,1-2H3;3-4,7H,1-2,5-6,8H2;4-6,8H,7H2,1-3H3;1-2,5H,3-4,6H2;3-5H,6H2,1-2H3;2-4,13H,5H2,1H3/q+1;;;4*+1. The van der Waals surface area contributed by atoms with Gasteiger partial charge < -0.3 is 92.5 Å². The minimum atomic E-state index is -5.89. The lowest BCUT2D eigenvalue weighted by atomic mass is 9.93. The first-order valence-electron chi connectivity index (χ1n) is 39.4. The molecule has 0 amide bonds. The highest BCUT2D eigenvalue weighted by Crippen LogP contribution is 2.35. The van der Waals surface area contributed by atoms with Crippen molar-refractivity contribution < 1.29 is 166 Å². The van der Waals surface area contributed by atoms with E-state index in [4.69, 9.17) is 111 Å². The second kappa shape index (κ2) is 55.1. The smallest absolute Gasteiger partial charge is 0.427 e. The van der Waals surface area contributed by atoms with Crippen molar-refractivity contribution in [1.82, 2.24) is 0 Å². The lowest BCUT2D eigenvalue weighted by Crippen LogP contribution is -2.42. The molecule has 1 N–H and O–H groups in total. The molecule has 4 fully saturated rings. The van der Waals surface area contributed by atoms with Crippen LogP contribution in [0.1, 0.15) is 91.1 Å². The van der Waals surface area contributed by atoms with Crippen molar-refractivity contribution in [3.05, 3.63) is 268 Å². The summed E-state index contributed by atoms with van der Waals surface area (Å²) in [6, 6.07) is 33.5. The molecule has 56 heteroatoms. The Kier molecular flexibility index (Phi) is 46.0. The molecule has 0 aromatic heterocycles. The van der Waals surface area contributed by atoms with Crippen LogP contribution >= 0.6 is 0 Å². The van der Waals surface area contributed by atoms with Crippen LogP contribution in [0.4, 0.5) is 85.5 Å². The molecule has 4 aliphatic heterocycles. The van der Waals surface area contributed by atoms with Crippen LogP contribution in [0.2, 0.25) is 20.5 Å². The number of rotatable bonds is 29. The Labute approximate surface area is 757 Å². The van der Waals surface area contributed by atoms with E-state index in [-0.39, 0.29) is 86.0 Å². The van der Waals surface area contributed by atoms with Gasteiger partial charge in [0.2, 0.25) is 27.0 Å². The summed E-state index contributed by atoms with van der Waals surface area (Å²) >= 11 is 0. The van der Waals surface area contributed by atoms with E-state index in [1.54, 1.807) is 13.6 Å². The number of alkyl halides is 6. The molecule has 4 heterocycles. The molecule has 0 aliphatic carbocycles. The largest absolute Gasteiger partial charge is 0.640 e. The molecule has 34 nitrogen and oxygen atoms in total. The monoisotopic (exact) mass is 1920 g/mol. The van der Waals surface area contributed by atoms with E-state index in [1.807, 2.05) is 58.0 Å². The van der Waals surface area contributed by atoms with Gasteiger partial charge in [0.1, 0.15) is 52.2 Å². The van der Waals surface area contributed by atoms with Gasteiger partial charge in [0.05, 0.1) is 100.0 Å². The van der Waals surface area contributed by atoms with Crippen LogP contribution in [0.5, 0.6) is 11.5 Å². The van der Waals surface area contributed by atoms with Crippen LogP contribution in [-0.4, -0.2) is 143 Å². The third-order valence-electron chi connectivity index (χ3n) is 17.2. The fourth-order valence-electron chi connectivity index (χ4n) is 10.6. The van der Waals surface area contributed by atoms with Crippen molar-refractivity contribution in [3.63, 3.8) is 0 Å².